The summed E-state index contributed by atoms with van der Waals surface area (Å²) in [5, 5.41) is 0. The van der Waals surface area contributed by atoms with Crippen molar-refractivity contribution < 1.29 is 0 Å². The summed E-state index contributed by atoms with van der Waals surface area (Å²) >= 11 is 0. The average molecular weight is 212 g/mol. The fourth-order valence-electron chi connectivity index (χ4n) is 1.88. The normalized spacial score (nSPS) is 10.4. The average Bonchev–Trinajstić information content (AvgIpc) is 2.32. The van der Waals surface area contributed by atoms with Gasteiger partial charge in [-0.1, -0.05) is 30.3 Å². The maximum atomic E-state index is 6.00. The molecule has 0 heterocycles. The molecule has 0 amide bonds. The first-order chi connectivity index (χ1) is 7.61. The first-order valence-electron chi connectivity index (χ1n) is 5.32. The quantitative estimate of drug-likeness (QED) is 0.713. The minimum Gasteiger partial charge on any atom is -0.397 e. The molecule has 0 aromatic heterocycles. The van der Waals surface area contributed by atoms with Crippen LogP contribution in [0.2, 0.25) is 0 Å². The van der Waals surface area contributed by atoms with Gasteiger partial charge in [-0.25, -0.2) is 0 Å². The van der Waals surface area contributed by atoms with Gasteiger partial charge in [-0.05, 0) is 42.2 Å². The summed E-state index contributed by atoms with van der Waals surface area (Å²) in [6.07, 6.45) is 0. The summed E-state index contributed by atoms with van der Waals surface area (Å²) in [7, 11) is 0. The summed E-state index contributed by atoms with van der Waals surface area (Å²) in [6.45, 7) is 3.99. The Labute approximate surface area is 95.9 Å². The van der Waals surface area contributed by atoms with Crippen molar-refractivity contribution in [3.63, 3.8) is 0 Å². The van der Waals surface area contributed by atoms with Gasteiger partial charge in [0.2, 0.25) is 0 Å². The van der Waals surface area contributed by atoms with Crippen LogP contribution < -0.4 is 11.5 Å². The molecule has 0 bridgehead atoms. The topological polar surface area (TPSA) is 52.0 Å². The lowest BCUT2D eigenvalue weighted by Crippen LogP contribution is -2.01. The second-order valence-corrected chi connectivity index (χ2v) is 4.06. The molecule has 0 unspecified atom stereocenters. The summed E-state index contributed by atoms with van der Waals surface area (Å²) < 4.78 is 0. The lowest BCUT2D eigenvalue weighted by Gasteiger charge is -2.13. The van der Waals surface area contributed by atoms with Gasteiger partial charge in [-0.15, -0.1) is 0 Å². The van der Waals surface area contributed by atoms with Crippen LogP contribution in [0.5, 0.6) is 0 Å². The Hall–Kier alpha value is -1.96. The monoisotopic (exact) mass is 212 g/mol. The molecule has 0 aliphatic heterocycles. The van der Waals surface area contributed by atoms with Crippen LogP contribution in [-0.4, -0.2) is 0 Å². The number of nitrogen functional groups attached to an aromatic ring is 2. The first-order valence-corrected chi connectivity index (χ1v) is 5.32. The molecule has 0 aliphatic carbocycles. The molecule has 4 N–H and O–H groups in total. The van der Waals surface area contributed by atoms with E-state index in [0.717, 1.165) is 16.7 Å². The molecule has 0 spiro atoms. The Morgan fingerprint density at radius 3 is 2.12 bits per heavy atom. The second-order valence-electron chi connectivity index (χ2n) is 4.06. The number of hydrogen-bond acceptors (Lipinski definition) is 2. The van der Waals surface area contributed by atoms with Crippen LogP contribution in [0.4, 0.5) is 11.4 Å². The van der Waals surface area contributed by atoms with Crippen molar-refractivity contribution in [3.05, 3.63) is 47.5 Å². The molecular weight excluding hydrogens is 196 g/mol. The lowest BCUT2D eigenvalue weighted by molar-refractivity contribution is 1.39. The van der Waals surface area contributed by atoms with E-state index >= 15 is 0 Å². The van der Waals surface area contributed by atoms with E-state index in [1.54, 1.807) is 0 Å². The Bertz CT molecular complexity index is 516. The predicted octanol–water partition coefficient (Wildman–Crippen LogP) is 3.13. The number of hydrogen-bond donors (Lipinski definition) is 2. The van der Waals surface area contributed by atoms with E-state index in [0.29, 0.717) is 11.4 Å². The number of nitrogens with two attached hydrogens (primary N) is 2. The van der Waals surface area contributed by atoms with E-state index in [4.69, 9.17) is 11.5 Å². The van der Waals surface area contributed by atoms with Crippen molar-refractivity contribution in [2.24, 2.45) is 0 Å². The van der Waals surface area contributed by atoms with Gasteiger partial charge in [0.05, 0.1) is 11.4 Å². The Morgan fingerprint density at radius 1 is 0.875 bits per heavy atom. The van der Waals surface area contributed by atoms with Crippen LogP contribution in [-0.2, 0) is 0 Å². The molecule has 2 aromatic carbocycles. The maximum Gasteiger partial charge on any atom is 0.0586 e. The fraction of sp³-hybridized carbons (Fsp3) is 0.143. The molecule has 82 valence electrons. The summed E-state index contributed by atoms with van der Waals surface area (Å²) in [5.41, 5.74) is 17.7. The molecule has 0 aliphatic rings. The van der Waals surface area contributed by atoms with Gasteiger partial charge < -0.3 is 11.5 Å². The number of rotatable bonds is 1. The van der Waals surface area contributed by atoms with Crippen molar-refractivity contribution in [3.8, 4) is 11.1 Å². The highest BCUT2D eigenvalue weighted by Gasteiger charge is 2.09. The van der Waals surface area contributed by atoms with Crippen LogP contribution >= 0.6 is 0 Å². The van der Waals surface area contributed by atoms with Crippen LogP contribution in [0, 0.1) is 13.8 Å². The number of aryl methyl sites for hydroxylation is 1. The van der Waals surface area contributed by atoms with Crippen LogP contribution in [0.25, 0.3) is 11.1 Å². The summed E-state index contributed by atoms with van der Waals surface area (Å²) in [4.78, 5) is 0. The van der Waals surface area contributed by atoms with E-state index in [-0.39, 0.29) is 0 Å². The Balaban J connectivity index is 2.68. The van der Waals surface area contributed by atoms with Gasteiger partial charge in [0.1, 0.15) is 0 Å². The van der Waals surface area contributed by atoms with Crippen molar-refractivity contribution >= 4 is 11.4 Å². The second kappa shape index (κ2) is 3.89. The van der Waals surface area contributed by atoms with Crippen LogP contribution in [0.1, 0.15) is 11.1 Å². The molecule has 0 fully saturated rings. The Kier molecular flexibility index (Phi) is 2.57. The largest absolute Gasteiger partial charge is 0.397 e. The van der Waals surface area contributed by atoms with Crippen LogP contribution in [0.15, 0.2) is 36.4 Å². The van der Waals surface area contributed by atoms with Gasteiger partial charge in [-0.2, -0.15) is 0 Å². The third-order valence-corrected chi connectivity index (χ3v) is 2.97. The molecule has 16 heavy (non-hydrogen) atoms. The van der Waals surface area contributed by atoms with Gasteiger partial charge in [0.15, 0.2) is 0 Å². The third-order valence-electron chi connectivity index (χ3n) is 2.97. The lowest BCUT2D eigenvalue weighted by atomic mass is 9.96. The van der Waals surface area contributed by atoms with E-state index in [1.165, 1.54) is 5.56 Å². The molecule has 0 radical (unpaired) electrons. The number of anilines is 2. The molecule has 0 saturated heterocycles. The van der Waals surface area contributed by atoms with E-state index in [1.807, 2.05) is 32.0 Å². The van der Waals surface area contributed by atoms with E-state index in [2.05, 4.69) is 18.2 Å². The molecular formula is C14H16N2. The maximum absolute atomic E-state index is 6.00. The molecule has 2 rings (SSSR count). The van der Waals surface area contributed by atoms with E-state index < -0.39 is 0 Å². The first kappa shape index (κ1) is 10.6. The van der Waals surface area contributed by atoms with Crippen molar-refractivity contribution in [2.75, 3.05) is 11.5 Å². The zero-order chi connectivity index (χ0) is 11.7. The van der Waals surface area contributed by atoms with Crippen molar-refractivity contribution in [1.29, 1.82) is 0 Å². The summed E-state index contributed by atoms with van der Waals surface area (Å²) in [6, 6.07) is 12.3. The Morgan fingerprint density at radius 2 is 1.50 bits per heavy atom. The van der Waals surface area contributed by atoms with Crippen molar-refractivity contribution in [1.82, 2.24) is 0 Å². The molecule has 0 saturated carbocycles. The van der Waals surface area contributed by atoms with Gasteiger partial charge in [0, 0.05) is 0 Å². The van der Waals surface area contributed by atoms with Gasteiger partial charge >= 0.3 is 0 Å². The predicted molar refractivity (Wildman–Crippen MR) is 70.2 cm³/mol. The minimum absolute atomic E-state index is 0.692. The summed E-state index contributed by atoms with van der Waals surface area (Å²) in [5.74, 6) is 0. The van der Waals surface area contributed by atoms with E-state index in [9.17, 15) is 0 Å². The zero-order valence-electron chi connectivity index (χ0n) is 9.62. The minimum atomic E-state index is 0.692. The molecule has 2 nitrogen and oxygen atoms in total. The highest BCUT2D eigenvalue weighted by atomic mass is 14.7. The molecule has 2 aromatic rings. The van der Waals surface area contributed by atoms with Crippen LogP contribution in [0.3, 0.4) is 0 Å². The van der Waals surface area contributed by atoms with Crippen molar-refractivity contribution in [2.45, 2.75) is 13.8 Å². The third kappa shape index (κ3) is 1.63. The standard InChI is InChI=1S/C14H16N2/c1-9-8-12(10(2)14(16)13(9)15)11-6-4-3-5-7-11/h3-8H,15-16H2,1-2H3. The van der Waals surface area contributed by atoms with Gasteiger partial charge in [0.25, 0.3) is 0 Å². The smallest absolute Gasteiger partial charge is 0.0586 e. The van der Waals surface area contributed by atoms with Gasteiger partial charge in [-0.3, -0.25) is 0 Å². The zero-order valence-corrected chi connectivity index (χ0v) is 9.62. The molecule has 2 heteroatoms. The number of benzene rings is 2. The SMILES string of the molecule is Cc1cc(-c2ccccc2)c(C)c(N)c1N. The fourth-order valence-corrected chi connectivity index (χ4v) is 1.88. The highest BCUT2D eigenvalue weighted by Crippen LogP contribution is 2.33. The highest BCUT2D eigenvalue weighted by molar-refractivity contribution is 5.82. The molecule has 0 atom stereocenters.